The number of amides is 2. The van der Waals surface area contributed by atoms with Crippen LogP contribution in [0.25, 0.3) is 0 Å². The first kappa shape index (κ1) is 27.6. The lowest BCUT2D eigenvalue weighted by Gasteiger charge is -2.39. The molecule has 38 heavy (non-hydrogen) atoms. The predicted molar refractivity (Wildman–Crippen MR) is 138 cm³/mol. The lowest BCUT2D eigenvalue weighted by Crippen LogP contribution is -2.54. The maximum Gasteiger partial charge on any atom is 0.326 e. The number of hydrogen-bond donors (Lipinski definition) is 1. The fourth-order valence-electron chi connectivity index (χ4n) is 5.39. The van der Waals surface area contributed by atoms with E-state index in [-0.39, 0.29) is 54.6 Å². The number of rotatable bonds is 5. The van der Waals surface area contributed by atoms with E-state index in [2.05, 4.69) is 0 Å². The molecule has 4 rings (SSSR count). The number of methoxy groups -OCH3 is 1. The number of pyridine rings is 1. The van der Waals surface area contributed by atoms with Gasteiger partial charge in [-0.3, -0.25) is 14.4 Å². The number of carboxylic acids is 1. The Labute approximate surface area is 224 Å². The van der Waals surface area contributed by atoms with Gasteiger partial charge in [0.1, 0.15) is 17.6 Å². The topological polar surface area (TPSA) is 109 Å². The summed E-state index contributed by atoms with van der Waals surface area (Å²) < 4.78 is 20.4. The van der Waals surface area contributed by atoms with E-state index in [4.69, 9.17) is 16.3 Å². The van der Waals surface area contributed by atoms with Gasteiger partial charge in [0.2, 0.25) is 0 Å². The van der Waals surface area contributed by atoms with Crippen molar-refractivity contribution in [1.29, 1.82) is 0 Å². The minimum Gasteiger partial charge on any atom is -0.490 e. The van der Waals surface area contributed by atoms with Gasteiger partial charge in [0.05, 0.1) is 17.7 Å². The van der Waals surface area contributed by atoms with Crippen LogP contribution in [0, 0.1) is 11.2 Å². The number of fused-ring (bicyclic) bond motifs is 3. The second-order valence-electron chi connectivity index (χ2n) is 10.7. The van der Waals surface area contributed by atoms with Crippen molar-refractivity contribution in [1.82, 2.24) is 14.4 Å². The van der Waals surface area contributed by atoms with Crippen molar-refractivity contribution in [3.8, 4) is 5.75 Å². The Morgan fingerprint density at radius 3 is 2.42 bits per heavy atom. The quantitative estimate of drug-likeness (QED) is 0.613. The Bertz CT molecular complexity index is 1370. The lowest BCUT2D eigenvalue weighted by molar-refractivity contribution is -0.146. The fraction of sp³-hybridized carbons (Fsp3) is 0.481. The Morgan fingerprint density at radius 1 is 1.13 bits per heavy atom. The Kier molecular flexibility index (Phi) is 7.56. The van der Waals surface area contributed by atoms with Crippen molar-refractivity contribution in [3.05, 3.63) is 61.8 Å². The molecule has 2 aromatic rings. The minimum atomic E-state index is -1.14. The zero-order chi connectivity index (χ0) is 27.9. The van der Waals surface area contributed by atoms with E-state index in [1.165, 1.54) is 39.7 Å². The van der Waals surface area contributed by atoms with Gasteiger partial charge in [-0.15, -0.1) is 0 Å². The first-order chi connectivity index (χ1) is 17.9. The lowest BCUT2D eigenvalue weighted by atomic mass is 9.84. The summed E-state index contributed by atoms with van der Waals surface area (Å²) in [4.78, 5) is 56.4. The van der Waals surface area contributed by atoms with Gasteiger partial charge in [0.15, 0.2) is 5.75 Å². The van der Waals surface area contributed by atoms with Crippen molar-refractivity contribution < 1.29 is 28.6 Å². The third-order valence-corrected chi connectivity index (χ3v) is 7.37. The van der Waals surface area contributed by atoms with Gasteiger partial charge in [0, 0.05) is 31.7 Å². The molecule has 0 bridgehead atoms. The first-order valence-corrected chi connectivity index (χ1v) is 12.8. The second kappa shape index (κ2) is 10.4. The van der Waals surface area contributed by atoms with Gasteiger partial charge >= 0.3 is 5.97 Å². The number of benzene rings is 1. The summed E-state index contributed by atoms with van der Waals surface area (Å²) in [5, 5.41) is 9.97. The summed E-state index contributed by atoms with van der Waals surface area (Å²) in [6.07, 6.45) is 1.30. The monoisotopic (exact) mass is 547 g/mol. The second-order valence-corrected chi connectivity index (χ2v) is 11.1. The number of hydrogen-bond acceptors (Lipinski definition) is 5. The van der Waals surface area contributed by atoms with Crippen LogP contribution in [0.15, 0.2) is 23.0 Å². The number of nitrogens with zero attached hydrogens (tertiary/aromatic N) is 3. The normalized spacial score (nSPS) is 16.9. The maximum atomic E-state index is 14.0. The van der Waals surface area contributed by atoms with E-state index in [1.807, 2.05) is 0 Å². The molecule has 0 spiro atoms. The highest BCUT2D eigenvalue weighted by molar-refractivity contribution is 6.30. The molecule has 3 heterocycles. The van der Waals surface area contributed by atoms with Crippen molar-refractivity contribution in [2.75, 3.05) is 20.2 Å². The molecule has 0 aliphatic carbocycles. The molecular formula is C27H31ClFN3O6. The van der Waals surface area contributed by atoms with Crippen LogP contribution >= 0.6 is 11.6 Å². The number of aromatic nitrogens is 1. The van der Waals surface area contributed by atoms with Gasteiger partial charge < -0.3 is 24.2 Å². The number of carbonyl (C=O) groups excluding carboxylic acids is 2. The third kappa shape index (κ3) is 4.89. The molecular weight excluding hydrogens is 517 g/mol. The summed E-state index contributed by atoms with van der Waals surface area (Å²) in [7, 11) is 1.30. The SMILES string of the molecule is COc1c2c(c3n(c1=O)CCCCN(C(C(=O)O)C(C)(C)C)C3=O)CCN(Cc1ccc(F)c(Cl)c1)C2=O. The predicted octanol–water partition coefficient (Wildman–Crippen LogP) is 3.58. The van der Waals surface area contributed by atoms with Gasteiger partial charge in [-0.25, -0.2) is 9.18 Å². The summed E-state index contributed by atoms with van der Waals surface area (Å²) in [5.74, 6) is -2.95. The van der Waals surface area contributed by atoms with Crippen LogP contribution in [-0.2, 0) is 24.3 Å². The summed E-state index contributed by atoms with van der Waals surface area (Å²) in [6, 6.07) is 3.05. The molecule has 0 saturated heterocycles. The van der Waals surface area contributed by atoms with Crippen LogP contribution < -0.4 is 10.3 Å². The highest BCUT2D eigenvalue weighted by Gasteiger charge is 2.43. The van der Waals surface area contributed by atoms with Crippen LogP contribution in [0.1, 0.15) is 65.6 Å². The largest absolute Gasteiger partial charge is 0.490 e. The van der Waals surface area contributed by atoms with Gasteiger partial charge in [-0.2, -0.15) is 0 Å². The Balaban J connectivity index is 1.85. The molecule has 1 aromatic carbocycles. The number of aliphatic carboxylic acids is 1. The van der Waals surface area contributed by atoms with Crippen molar-refractivity contribution in [3.63, 3.8) is 0 Å². The maximum absolute atomic E-state index is 14.0. The molecule has 1 atom stereocenters. The molecule has 2 amide bonds. The molecule has 1 aromatic heterocycles. The van der Waals surface area contributed by atoms with E-state index in [0.29, 0.717) is 24.0 Å². The molecule has 0 fully saturated rings. The van der Waals surface area contributed by atoms with Gasteiger partial charge in [0.25, 0.3) is 17.4 Å². The van der Waals surface area contributed by atoms with E-state index < -0.39 is 40.6 Å². The van der Waals surface area contributed by atoms with E-state index >= 15 is 0 Å². The summed E-state index contributed by atoms with van der Waals surface area (Å²) in [5.41, 5.74) is -0.374. The van der Waals surface area contributed by atoms with Crippen LogP contribution in [0.4, 0.5) is 4.39 Å². The summed E-state index contributed by atoms with van der Waals surface area (Å²) >= 11 is 5.91. The molecule has 2 aliphatic rings. The summed E-state index contributed by atoms with van der Waals surface area (Å²) in [6.45, 7) is 6.05. The molecule has 1 unspecified atom stereocenters. The molecule has 2 aliphatic heterocycles. The Morgan fingerprint density at radius 2 is 1.82 bits per heavy atom. The Hall–Kier alpha value is -3.40. The number of carboxylic acid groups (broad SMARTS) is 1. The van der Waals surface area contributed by atoms with Crippen molar-refractivity contribution >= 4 is 29.4 Å². The minimum absolute atomic E-state index is 0.000263. The fourth-order valence-corrected chi connectivity index (χ4v) is 5.59. The molecule has 1 N–H and O–H groups in total. The standard InChI is InChI=1S/C27H31ClFN3O6/c1-27(2,3)22(26(36)37)32-11-6-5-10-31-20(24(32)34)16-9-12-30(14-15-7-8-18(29)17(28)13-15)23(33)19(16)21(38-4)25(31)35/h7-8,13,22H,5-6,9-12,14H2,1-4H3,(H,36,37). The molecule has 9 nitrogen and oxygen atoms in total. The average Bonchev–Trinajstić information content (AvgIpc) is 2.82. The van der Waals surface area contributed by atoms with Crippen LogP contribution in [0.2, 0.25) is 5.02 Å². The average molecular weight is 548 g/mol. The van der Waals surface area contributed by atoms with Crippen LogP contribution in [-0.4, -0.2) is 63.5 Å². The smallest absolute Gasteiger partial charge is 0.326 e. The number of halogens is 2. The first-order valence-electron chi connectivity index (χ1n) is 12.5. The van der Waals surface area contributed by atoms with E-state index in [0.717, 1.165) is 0 Å². The highest BCUT2D eigenvalue weighted by atomic mass is 35.5. The number of ether oxygens (including phenoxy) is 1. The van der Waals surface area contributed by atoms with E-state index in [9.17, 15) is 28.7 Å². The van der Waals surface area contributed by atoms with Crippen molar-refractivity contribution in [2.24, 2.45) is 5.41 Å². The van der Waals surface area contributed by atoms with E-state index in [1.54, 1.807) is 20.8 Å². The zero-order valence-electron chi connectivity index (χ0n) is 21.8. The third-order valence-electron chi connectivity index (χ3n) is 7.08. The van der Waals surface area contributed by atoms with Crippen molar-refractivity contribution in [2.45, 2.75) is 59.2 Å². The molecule has 0 saturated carbocycles. The number of carbonyl (C=O) groups is 3. The highest BCUT2D eigenvalue weighted by Crippen LogP contribution is 2.33. The molecule has 0 radical (unpaired) electrons. The molecule has 11 heteroatoms. The van der Waals surface area contributed by atoms with Gasteiger partial charge in [-0.05, 0) is 42.4 Å². The zero-order valence-corrected chi connectivity index (χ0v) is 22.6. The van der Waals surface area contributed by atoms with Gasteiger partial charge in [-0.1, -0.05) is 38.4 Å². The van der Waals surface area contributed by atoms with Crippen LogP contribution in [0.5, 0.6) is 5.75 Å². The molecule has 204 valence electrons. The van der Waals surface area contributed by atoms with Crippen LogP contribution in [0.3, 0.4) is 0 Å².